The topological polar surface area (TPSA) is 238 Å². The van der Waals surface area contributed by atoms with Gasteiger partial charge in [-0.3, -0.25) is 19.8 Å². The first kappa shape index (κ1) is 29.8. The Hall–Kier alpha value is -2.44. The molecule has 1 aliphatic carbocycles. The van der Waals surface area contributed by atoms with E-state index in [1.165, 1.54) is 26.2 Å². The molecule has 12 nitrogen and oxygen atoms in total. The average molecular weight is 435 g/mol. The Morgan fingerprint density at radius 1 is 1.00 bits per heavy atom. The van der Waals surface area contributed by atoms with Gasteiger partial charge in [0.15, 0.2) is 5.96 Å². The lowest BCUT2D eigenvalue weighted by Crippen LogP contribution is -2.42. The van der Waals surface area contributed by atoms with Crippen LogP contribution in [-0.2, 0) is 14.4 Å². The van der Waals surface area contributed by atoms with Crippen LogP contribution in [0.3, 0.4) is 0 Å². The zero-order valence-electron chi connectivity index (χ0n) is 17.8. The van der Waals surface area contributed by atoms with Crippen LogP contribution in [0.2, 0.25) is 0 Å². The highest BCUT2D eigenvalue weighted by molar-refractivity contribution is 5.74. The van der Waals surface area contributed by atoms with Crippen molar-refractivity contribution in [3.63, 3.8) is 0 Å². The second-order valence-corrected chi connectivity index (χ2v) is 7.12. The normalized spacial score (nSPS) is 16.4. The smallest absolute Gasteiger partial charge is 0.320 e. The Morgan fingerprint density at radius 2 is 1.50 bits per heavy atom. The third-order valence-electron chi connectivity index (χ3n) is 4.18. The van der Waals surface area contributed by atoms with E-state index < -0.39 is 36.0 Å². The van der Waals surface area contributed by atoms with Gasteiger partial charge in [0.2, 0.25) is 0 Å². The standard InChI is InChI=1S/C9H17NO2.C6H14N4O2.C3H7NO2/c1-7(9(11)12)10-8-5-3-2-4-6-8;7-4(5(11)12)2-1-3-10-6(8)9;1-2(4)3(5)6/h7-8,10H,2-6H2,1H3,(H,11,12);4H,1-3,7H2,(H,11,12)(H4,8,9,10);2H,4H2,1H3,(H,5,6)/t7-;4-;2-/m000/s1. The average Bonchev–Trinajstić information content (AvgIpc) is 2.66. The first-order chi connectivity index (χ1) is 13.9. The van der Waals surface area contributed by atoms with Crippen molar-refractivity contribution in [3.8, 4) is 0 Å². The number of nitrogens with one attached hydrogen (secondary N) is 3. The minimum Gasteiger partial charge on any atom is -0.480 e. The van der Waals surface area contributed by atoms with Gasteiger partial charge in [-0.05, 0) is 39.5 Å². The van der Waals surface area contributed by atoms with Crippen LogP contribution in [0.5, 0.6) is 0 Å². The summed E-state index contributed by atoms with van der Waals surface area (Å²) in [7, 11) is 0. The van der Waals surface area contributed by atoms with Crippen molar-refractivity contribution in [3.05, 3.63) is 0 Å². The molecule has 0 aromatic carbocycles. The molecular weight excluding hydrogens is 396 g/mol. The molecule has 0 bridgehead atoms. The van der Waals surface area contributed by atoms with Crippen LogP contribution in [0, 0.1) is 5.41 Å². The quantitative estimate of drug-likeness (QED) is 0.127. The number of carbonyl (C=O) groups is 3. The summed E-state index contributed by atoms with van der Waals surface area (Å²) < 4.78 is 0. The van der Waals surface area contributed by atoms with Gasteiger partial charge in [-0.2, -0.15) is 0 Å². The van der Waals surface area contributed by atoms with E-state index in [4.69, 9.17) is 37.9 Å². The Kier molecular flexibility index (Phi) is 17.3. The fraction of sp³-hybridized carbons (Fsp3) is 0.778. The molecule has 1 fully saturated rings. The van der Waals surface area contributed by atoms with Crippen LogP contribution in [0.25, 0.3) is 0 Å². The lowest BCUT2D eigenvalue weighted by atomic mass is 9.95. The Balaban J connectivity index is 0. The van der Waals surface area contributed by atoms with Gasteiger partial charge in [0, 0.05) is 12.6 Å². The summed E-state index contributed by atoms with van der Waals surface area (Å²) in [6, 6.07) is -1.51. The highest BCUT2D eigenvalue weighted by atomic mass is 16.4. The van der Waals surface area contributed by atoms with E-state index in [1.807, 2.05) is 0 Å². The zero-order chi connectivity index (χ0) is 23.7. The Bertz CT molecular complexity index is 525. The number of rotatable bonds is 9. The Morgan fingerprint density at radius 3 is 1.87 bits per heavy atom. The van der Waals surface area contributed by atoms with Crippen LogP contribution in [0.15, 0.2) is 0 Å². The summed E-state index contributed by atoms with van der Waals surface area (Å²) in [6.07, 6.45) is 7.03. The third kappa shape index (κ3) is 18.9. The molecule has 0 amide bonds. The van der Waals surface area contributed by atoms with Crippen molar-refractivity contribution in [1.82, 2.24) is 10.6 Å². The maximum atomic E-state index is 10.5. The number of guanidine groups is 1. The monoisotopic (exact) mass is 434 g/mol. The van der Waals surface area contributed by atoms with Crippen LogP contribution in [-0.4, -0.2) is 69.9 Å². The number of carboxylic acids is 3. The van der Waals surface area contributed by atoms with Crippen LogP contribution < -0.4 is 27.8 Å². The van der Waals surface area contributed by atoms with Crippen LogP contribution in [0.4, 0.5) is 0 Å². The van der Waals surface area contributed by atoms with Gasteiger partial charge >= 0.3 is 17.9 Å². The maximum Gasteiger partial charge on any atom is 0.320 e. The molecule has 0 spiro atoms. The minimum atomic E-state index is -1.00. The summed E-state index contributed by atoms with van der Waals surface area (Å²) in [5.41, 5.74) is 15.1. The molecule has 176 valence electrons. The van der Waals surface area contributed by atoms with Gasteiger partial charge in [-0.1, -0.05) is 19.3 Å². The number of nitrogens with two attached hydrogens (primary N) is 3. The predicted octanol–water partition coefficient (Wildman–Crippen LogP) is -0.538. The zero-order valence-corrected chi connectivity index (χ0v) is 17.8. The van der Waals surface area contributed by atoms with Gasteiger partial charge in [0.1, 0.15) is 18.1 Å². The highest BCUT2D eigenvalue weighted by Gasteiger charge is 2.18. The molecule has 0 unspecified atom stereocenters. The molecule has 1 aliphatic rings. The molecule has 0 heterocycles. The van der Waals surface area contributed by atoms with E-state index in [0.717, 1.165) is 12.8 Å². The fourth-order valence-corrected chi connectivity index (χ4v) is 2.36. The molecule has 12 N–H and O–H groups in total. The van der Waals surface area contributed by atoms with E-state index in [2.05, 4.69) is 10.6 Å². The minimum absolute atomic E-state index is 0.112. The summed E-state index contributed by atoms with van der Waals surface area (Å²) in [5.74, 6) is -2.83. The van der Waals surface area contributed by atoms with Gasteiger partial charge in [0.05, 0.1) is 0 Å². The van der Waals surface area contributed by atoms with Crippen LogP contribution in [0.1, 0.15) is 58.8 Å². The van der Waals surface area contributed by atoms with Crippen molar-refractivity contribution >= 4 is 23.9 Å². The number of hydrogen-bond acceptors (Lipinski definition) is 7. The molecule has 30 heavy (non-hydrogen) atoms. The third-order valence-corrected chi connectivity index (χ3v) is 4.18. The largest absolute Gasteiger partial charge is 0.480 e. The van der Waals surface area contributed by atoms with Gasteiger partial charge in [0.25, 0.3) is 0 Å². The van der Waals surface area contributed by atoms with E-state index in [-0.39, 0.29) is 5.96 Å². The fourth-order valence-electron chi connectivity index (χ4n) is 2.36. The number of carboxylic acid groups (broad SMARTS) is 3. The summed E-state index contributed by atoms with van der Waals surface area (Å²) in [6.45, 7) is 3.61. The summed E-state index contributed by atoms with van der Waals surface area (Å²) >= 11 is 0. The highest BCUT2D eigenvalue weighted by Crippen LogP contribution is 2.17. The molecule has 0 radical (unpaired) electrons. The SMILES string of the molecule is C[C@H](N)C(=O)O.C[C@H](NC1CCCCC1)C(=O)O.N=C(N)NCCC[C@H](N)C(=O)O. The first-order valence-electron chi connectivity index (χ1n) is 9.91. The van der Waals surface area contributed by atoms with Crippen molar-refractivity contribution in [2.45, 2.75) is 83.0 Å². The lowest BCUT2D eigenvalue weighted by molar-refractivity contribution is -0.140. The molecule has 12 heteroatoms. The first-order valence-corrected chi connectivity index (χ1v) is 9.91. The predicted molar refractivity (Wildman–Crippen MR) is 113 cm³/mol. The molecular formula is C18H38N6O6. The van der Waals surface area contributed by atoms with Gasteiger partial charge in [-0.15, -0.1) is 0 Å². The summed E-state index contributed by atoms with van der Waals surface area (Å²) in [4.78, 5) is 30.3. The molecule has 3 atom stereocenters. The molecule has 0 aromatic heterocycles. The summed E-state index contributed by atoms with van der Waals surface area (Å²) in [5, 5.41) is 37.3. The van der Waals surface area contributed by atoms with E-state index in [9.17, 15) is 14.4 Å². The van der Waals surface area contributed by atoms with E-state index >= 15 is 0 Å². The maximum absolute atomic E-state index is 10.5. The van der Waals surface area contributed by atoms with E-state index in [1.54, 1.807) is 6.92 Å². The second-order valence-electron chi connectivity index (χ2n) is 7.12. The molecule has 0 aliphatic heterocycles. The van der Waals surface area contributed by atoms with E-state index in [0.29, 0.717) is 25.4 Å². The van der Waals surface area contributed by atoms with Gasteiger partial charge in [-0.25, -0.2) is 0 Å². The molecule has 0 saturated heterocycles. The molecule has 1 saturated carbocycles. The lowest BCUT2D eigenvalue weighted by Gasteiger charge is -2.24. The van der Waals surface area contributed by atoms with Crippen LogP contribution >= 0.6 is 0 Å². The van der Waals surface area contributed by atoms with Gasteiger partial charge < -0.3 is 43.2 Å². The van der Waals surface area contributed by atoms with Crippen molar-refractivity contribution < 1.29 is 29.7 Å². The molecule has 0 aromatic rings. The van der Waals surface area contributed by atoms with Crippen molar-refractivity contribution in [1.29, 1.82) is 5.41 Å². The number of hydrogen-bond donors (Lipinski definition) is 9. The number of aliphatic carboxylic acids is 3. The second kappa shape index (κ2) is 17.4. The van der Waals surface area contributed by atoms with Crippen molar-refractivity contribution in [2.24, 2.45) is 17.2 Å². The van der Waals surface area contributed by atoms with Crippen molar-refractivity contribution in [2.75, 3.05) is 6.54 Å². The Labute approximate surface area is 177 Å². The molecule has 1 rings (SSSR count).